The van der Waals surface area contributed by atoms with Crippen LogP contribution < -0.4 is 11.1 Å². The largest absolute Gasteiger partial charge is 0.370 e. The Morgan fingerprint density at radius 3 is 2.61 bits per heavy atom. The second kappa shape index (κ2) is 9.06. The van der Waals surface area contributed by atoms with Crippen molar-refractivity contribution in [3.63, 3.8) is 0 Å². The first kappa shape index (κ1) is 20.1. The molecule has 0 fully saturated rings. The number of nitrogens with two attached hydrogens (primary N) is 1. The average Bonchev–Trinajstić information content (AvgIpc) is 2.69. The number of hydrogen-bond donors (Lipinski definition) is 2. The molecule has 7 heteroatoms. The fourth-order valence-corrected chi connectivity index (χ4v) is 3.55. The highest BCUT2D eigenvalue weighted by molar-refractivity contribution is 6.17. The summed E-state index contributed by atoms with van der Waals surface area (Å²) in [6.07, 6.45) is 4.99. The molecule has 0 saturated carbocycles. The zero-order valence-electron chi connectivity index (χ0n) is 16.3. The van der Waals surface area contributed by atoms with E-state index in [0.717, 1.165) is 53.6 Å². The summed E-state index contributed by atoms with van der Waals surface area (Å²) < 4.78 is 0. The van der Waals surface area contributed by atoms with E-state index in [1.807, 2.05) is 42.3 Å². The van der Waals surface area contributed by atoms with Crippen LogP contribution in [0.15, 0.2) is 30.5 Å². The normalized spacial score (nSPS) is 15.8. The van der Waals surface area contributed by atoms with Crippen molar-refractivity contribution in [2.45, 2.75) is 45.2 Å². The number of rotatable bonds is 8. The van der Waals surface area contributed by atoms with Crippen LogP contribution in [-0.4, -0.2) is 27.7 Å². The number of benzene rings is 1. The molecule has 0 saturated heterocycles. The van der Waals surface area contributed by atoms with Crippen LogP contribution in [0.2, 0.25) is 0 Å². The van der Waals surface area contributed by atoms with Gasteiger partial charge in [0.25, 0.3) is 0 Å². The molecular formula is C21H26ClN5O. The first-order chi connectivity index (χ1) is 13.6. The van der Waals surface area contributed by atoms with E-state index in [4.69, 9.17) is 17.3 Å². The molecule has 2 aromatic rings. The minimum absolute atomic E-state index is 0.209. The van der Waals surface area contributed by atoms with Crippen LogP contribution >= 0.6 is 11.6 Å². The zero-order chi connectivity index (χ0) is 20.1. The summed E-state index contributed by atoms with van der Waals surface area (Å²) in [6.45, 7) is 5.48. The first-order valence-electron chi connectivity index (χ1n) is 9.52. The molecule has 0 amide bonds. The van der Waals surface area contributed by atoms with Crippen LogP contribution in [-0.2, 0) is 17.2 Å². The van der Waals surface area contributed by atoms with Crippen molar-refractivity contribution in [1.29, 1.82) is 0 Å². The first-order valence-corrected chi connectivity index (χ1v) is 10.1. The van der Waals surface area contributed by atoms with Gasteiger partial charge in [-0.1, -0.05) is 37.6 Å². The van der Waals surface area contributed by atoms with E-state index in [2.05, 4.69) is 22.2 Å². The molecule has 0 aliphatic carbocycles. The van der Waals surface area contributed by atoms with Crippen molar-refractivity contribution in [3.8, 4) is 0 Å². The van der Waals surface area contributed by atoms with Crippen molar-refractivity contribution in [2.75, 3.05) is 17.6 Å². The summed E-state index contributed by atoms with van der Waals surface area (Å²) in [4.78, 5) is 22.9. The van der Waals surface area contributed by atoms with Gasteiger partial charge in [-0.3, -0.25) is 0 Å². The number of carbonyl (C=O) groups is 1. The number of aldehydes is 1. The maximum atomic E-state index is 12.1. The van der Waals surface area contributed by atoms with E-state index < -0.39 is 6.04 Å². The third-order valence-electron chi connectivity index (χ3n) is 4.84. The molecule has 1 unspecified atom stereocenters. The number of anilines is 2. The predicted octanol–water partition coefficient (Wildman–Crippen LogP) is 4.13. The van der Waals surface area contributed by atoms with Crippen LogP contribution in [0.4, 0.5) is 11.8 Å². The quantitative estimate of drug-likeness (QED) is 0.394. The van der Waals surface area contributed by atoms with Gasteiger partial charge in [0, 0.05) is 25.2 Å². The lowest BCUT2D eigenvalue weighted by Crippen LogP contribution is -2.30. The lowest BCUT2D eigenvalue weighted by atomic mass is 9.96. The number of carbonyl (C=O) groups excluding carboxylic acids is 1. The Labute approximate surface area is 170 Å². The number of alkyl halides is 1. The highest BCUT2D eigenvalue weighted by atomic mass is 35.5. The topological polar surface area (TPSA) is 84.1 Å². The summed E-state index contributed by atoms with van der Waals surface area (Å²) in [5, 5.41) is 3.34. The summed E-state index contributed by atoms with van der Waals surface area (Å²) in [5.41, 5.74) is 10.6. The Hall–Kier alpha value is -2.60. The molecule has 1 atom stereocenters. The Morgan fingerprint density at radius 1 is 1.25 bits per heavy atom. The van der Waals surface area contributed by atoms with E-state index in [1.165, 1.54) is 0 Å². The van der Waals surface area contributed by atoms with Crippen LogP contribution in [0.25, 0.3) is 5.57 Å². The van der Waals surface area contributed by atoms with Crippen LogP contribution in [0.1, 0.15) is 55.1 Å². The summed E-state index contributed by atoms with van der Waals surface area (Å²) in [6, 6.07) is 7.62. The number of nitrogens with zero attached hydrogens (tertiary/aromatic N) is 3. The minimum Gasteiger partial charge on any atom is -0.370 e. The van der Waals surface area contributed by atoms with Crippen molar-refractivity contribution in [1.82, 2.24) is 14.9 Å². The van der Waals surface area contributed by atoms with Crippen LogP contribution in [0, 0.1) is 0 Å². The second-order valence-corrected chi connectivity index (χ2v) is 7.26. The molecule has 0 spiro atoms. The second-order valence-electron chi connectivity index (χ2n) is 6.99. The van der Waals surface area contributed by atoms with Crippen molar-refractivity contribution in [3.05, 3.63) is 52.8 Å². The molecule has 3 rings (SSSR count). The Morgan fingerprint density at radius 2 is 1.96 bits per heavy atom. The molecule has 1 aromatic carbocycles. The number of unbranched alkanes of at least 4 members (excludes halogenated alkanes) is 1. The van der Waals surface area contributed by atoms with Gasteiger partial charge in [-0.2, -0.15) is 4.98 Å². The van der Waals surface area contributed by atoms with Gasteiger partial charge in [0.15, 0.2) is 0 Å². The number of halogens is 1. The zero-order valence-corrected chi connectivity index (χ0v) is 17.0. The third kappa shape index (κ3) is 4.28. The smallest absolute Gasteiger partial charge is 0.222 e. The SMILES string of the molecule is CCCCNc1nc(N)nc2c1C(C=O)N(Cc1ccc(CCl)cc1)C=C2C. The summed E-state index contributed by atoms with van der Waals surface area (Å²) >= 11 is 5.88. The van der Waals surface area contributed by atoms with E-state index in [-0.39, 0.29) is 5.95 Å². The number of aromatic nitrogens is 2. The van der Waals surface area contributed by atoms with Crippen LogP contribution in [0.5, 0.6) is 0 Å². The number of nitrogens with one attached hydrogen (secondary N) is 1. The molecule has 2 heterocycles. The average molecular weight is 400 g/mol. The fourth-order valence-electron chi connectivity index (χ4n) is 3.38. The maximum Gasteiger partial charge on any atom is 0.222 e. The fraction of sp³-hybridized carbons (Fsp3) is 0.381. The molecule has 1 aromatic heterocycles. The lowest BCUT2D eigenvalue weighted by Gasteiger charge is -2.34. The standard InChI is InChI=1S/C21H26ClN5O/c1-3-4-9-24-20-18-17(13-28)27(11-14(2)19(18)25-21(23)26-20)12-16-7-5-15(10-22)6-8-16/h5-8,11,13,17H,3-4,9-10,12H2,1-2H3,(H3,23,24,25,26). The molecule has 0 bridgehead atoms. The highest BCUT2D eigenvalue weighted by Crippen LogP contribution is 2.37. The van der Waals surface area contributed by atoms with Crippen molar-refractivity contribution in [2.24, 2.45) is 0 Å². The van der Waals surface area contributed by atoms with Gasteiger partial charge in [-0.25, -0.2) is 4.98 Å². The molecule has 6 nitrogen and oxygen atoms in total. The van der Waals surface area contributed by atoms with E-state index in [1.54, 1.807) is 0 Å². The highest BCUT2D eigenvalue weighted by Gasteiger charge is 2.30. The van der Waals surface area contributed by atoms with Crippen molar-refractivity contribution >= 4 is 35.2 Å². The maximum absolute atomic E-state index is 12.1. The van der Waals surface area contributed by atoms with Gasteiger partial charge in [0.1, 0.15) is 18.1 Å². The van der Waals surface area contributed by atoms with Gasteiger partial charge in [-0.15, -0.1) is 11.6 Å². The molecule has 148 valence electrons. The molecule has 3 N–H and O–H groups in total. The number of allylic oxidation sites excluding steroid dienone is 1. The number of fused-ring (bicyclic) bond motifs is 1. The Bertz CT molecular complexity index is 866. The van der Waals surface area contributed by atoms with E-state index in [0.29, 0.717) is 18.2 Å². The third-order valence-corrected chi connectivity index (χ3v) is 5.15. The van der Waals surface area contributed by atoms with Gasteiger partial charge in [-0.05, 0) is 30.0 Å². The lowest BCUT2D eigenvalue weighted by molar-refractivity contribution is -0.112. The van der Waals surface area contributed by atoms with Gasteiger partial charge in [0.05, 0.1) is 11.3 Å². The van der Waals surface area contributed by atoms with Gasteiger partial charge in [0.2, 0.25) is 5.95 Å². The van der Waals surface area contributed by atoms with Crippen LogP contribution in [0.3, 0.4) is 0 Å². The summed E-state index contributed by atoms with van der Waals surface area (Å²) in [5.74, 6) is 1.34. The number of hydrogen-bond acceptors (Lipinski definition) is 6. The molecule has 28 heavy (non-hydrogen) atoms. The molecule has 0 radical (unpaired) electrons. The van der Waals surface area contributed by atoms with Crippen molar-refractivity contribution < 1.29 is 4.79 Å². The van der Waals surface area contributed by atoms with Gasteiger partial charge >= 0.3 is 0 Å². The molecule has 1 aliphatic heterocycles. The van der Waals surface area contributed by atoms with Gasteiger partial charge < -0.3 is 20.7 Å². The predicted molar refractivity (Wildman–Crippen MR) is 114 cm³/mol. The Balaban J connectivity index is 1.95. The van der Waals surface area contributed by atoms with E-state index in [9.17, 15) is 4.79 Å². The molecular weight excluding hydrogens is 374 g/mol. The Kier molecular flexibility index (Phi) is 6.52. The summed E-state index contributed by atoms with van der Waals surface area (Å²) in [7, 11) is 0. The molecule has 1 aliphatic rings. The number of nitrogen functional groups attached to an aromatic ring is 1. The monoisotopic (exact) mass is 399 g/mol. The van der Waals surface area contributed by atoms with E-state index >= 15 is 0 Å². The minimum atomic E-state index is -0.476.